The van der Waals surface area contributed by atoms with E-state index in [2.05, 4.69) is 5.32 Å². The summed E-state index contributed by atoms with van der Waals surface area (Å²) >= 11 is 0. The predicted molar refractivity (Wildman–Crippen MR) is 61.9 cm³/mol. The van der Waals surface area contributed by atoms with Crippen molar-refractivity contribution in [2.24, 2.45) is 5.92 Å². The van der Waals surface area contributed by atoms with Gasteiger partial charge in [-0.1, -0.05) is 12.1 Å². The summed E-state index contributed by atoms with van der Waals surface area (Å²) in [5, 5.41) is 3.44. The van der Waals surface area contributed by atoms with Crippen LogP contribution in [0.5, 0.6) is 0 Å². The smallest absolute Gasteiger partial charge is 0.123 e. The van der Waals surface area contributed by atoms with Crippen molar-refractivity contribution in [3.63, 3.8) is 0 Å². The molecule has 1 N–H and O–H groups in total. The standard InChI is InChI=1S/C13H18FNO/c1-16-9-13-7-11(8-15-13)6-10-2-4-12(14)5-3-10/h2-5,11,13,15H,6-9H2,1H3. The number of methoxy groups -OCH3 is 1. The Hall–Kier alpha value is -0.930. The number of hydrogen-bond donors (Lipinski definition) is 1. The summed E-state index contributed by atoms with van der Waals surface area (Å²) in [6, 6.07) is 7.29. The van der Waals surface area contributed by atoms with Gasteiger partial charge in [-0.05, 0) is 43.0 Å². The lowest BCUT2D eigenvalue weighted by Crippen LogP contribution is -2.25. The fourth-order valence-corrected chi connectivity index (χ4v) is 2.34. The molecule has 0 saturated carbocycles. The summed E-state index contributed by atoms with van der Waals surface area (Å²) in [6.07, 6.45) is 2.17. The van der Waals surface area contributed by atoms with Crippen molar-refractivity contribution in [1.82, 2.24) is 5.32 Å². The lowest BCUT2D eigenvalue weighted by molar-refractivity contribution is 0.172. The molecule has 16 heavy (non-hydrogen) atoms. The van der Waals surface area contributed by atoms with Crippen LogP contribution < -0.4 is 5.32 Å². The molecule has 2 nitrogen and oxygen atoms in total. The first-order chi connectivity index (χ1) is 7.78. The fourth-order valence-electron chi connectivity index (χ4n) is 2.34. The van der Waals surface area contributed by atoms with E-state index in [9.17, 15) is 4.39 Å². The van der Waals surface area contributed by atoms with Crippen LogP contribution in [0.25, 0.3) is 0 Å². The fraction of sp³-hybridized carbons (Fsp3) is 0.538. The summed E-state index contributed by atoms with van der Waals surface area (Å²) in [6.45, 7) is 1.81. The highest BCUT2D eigenvalue weighted by Gasteiger charge is 2.23. The maximum absolute atomic E-state index is 12.7. The van der Waals surface area contributed by atoms with Crippen molar-refractivity contribution < 1.29 is 9.13 Å². The second-order valence-electron chi connectivity index (χ2n) is 4.49. The number of halogens is 1. The Morgan fingerprint density at radius 2 is 2.12 bits per heavy atom. The van der Waals surface area contributed by atoms with E-state index in [1.54, 1.807) is 7.11 Å². The van der Waals surface area contributed by atoms with E-state index < -0.39 is 0 Å². The maximum Gasteiger partial charge on any atom is 0.123 e. The number of ether oxygens (including phenoxy) is 1. The van der Waals surface area contributed by atoms with E-state index in [4.69, 9.17) is 4.74 Å². The number of benzene rings is 1. The first-order valence-corrected chi connectivity index (χ1v) is 5.74. The predicted octanol–water partition coefficient (Wildman–Crippen LogP) is 1.99. The average Bonchev–Trinajstić information content (AvgIpc) is 2.70. The van der Waals surface area contributed by atoms with Gasteiger partial charge in [0.2, 0.25) is 0 Å². The van der Waals surface area contributed by atoms with Gasteiger partial charge in [0.1, 0.15) is 5.82 Å². The Balaban J connectivity index is 1.84. The molecule has 1 aliphatic rings. The van der Waals surface area contributed by atoms with Crippen LogP contribution in [0.1, 0.15) is 12.0 Å². The van der Waals surface area contributed by atoms with Crippen LogP contribution in [-0.2, 0) is 11.2 Å². The second kappa shape index (κ2) is 5.41. The van der Waals surface area contributed by atoms with Crippen LogP contribution in [0.4, 0.5) is 4.39 Å². The van der Waals surface area contributed by atoms with Crippen molar-refractivity contribution in [2.45, 2.75) is 18.9 Å². The summed E-state index contributed by atoms with van der Waals surface area (Å²) in [5.41, 5.74) is 1.21. The van der Waals surface area contributed by atoms with E-state index in [1.165, 1.54) is 17.7 Å². The van der Waals surface area contributed by atoms with Gasteiger partial charge in [0, 0.05) is 13.2 Å². The summed E-state index contributed by atoms with van der Waals surface area (Å²) in [5.74, 6) is 0.483. The average molecular weight is 223 g/mol. The molecule has 0 aromatic heterocycles. The van der Waals surface area contributed by atoms with E-state index in [-0.39, 0.29) is 5.82 Å². The minimum Gasteiger partial charge on any atom is -0.383 e. The van der Waals surface area contributed by atoms with Crippen LogP contribution in [0, 0.1) is 11.7 Å². The zero-order chi connectivity index (χ0) is 11.4. The molecule has 2 rings (SSSR count). The first-order valence-electron chi connectivity index (χ1n) is 5.74. The van der Waals surface area contributed by atoms with Crippen LogP contribution in [0.15, 0.2) is 24.3 Å². The SMILES string of the molecule is COCC1CC(Cc2ccc(F)cc2)CN1. The topological polar surface area (TPSA) is 21.3 Å². The summed E-state index contributed by atoms with van der Waals surface area (Å²) in [4.78, 5) is 0. The van der Waals surface area contributed by atoms with Crippen LogP contribution >= 0.6 is 0 Å². The zero-order valence-corrected chi connectivity index (χ0v) is 9.58. The Morgan fingerprint density at radius 3 is 2.81 bits per heavy atom. The lowest BCUT2D eigenvalue weighted by atomic mass is 9.97. The molecule has 1 aromatic carbocycles. The molecule has 1 heterocycles. The van der Waals surface area contributed by atoms with Crippen LogP contribution in [-0.4, -0.2) is 26.3 Å². The Kier molecular flexibility index (Phi) is 3.91. The third kappa shape index (κ3) is 3.03. The highest BCUT2D eigenvalue weighted by atomic mass is 19.1. The molecule has 1 saturated heterocycles. The quantitative estimate of drug-likeness (QED) is 0.843. The van der Waals surface area contributed by atoms with E-state index in [0.717, 1.165) is 26.0 Å². The van der Waals surface area contributed by atoms with Crippen molar-refractivity contribution in [1.29, 1.82) is 0 Å². The van der Waals surface area contributed by atoms with Gasteiger partial charge in [0.25, 0.3) is 0 Å². The van der Waals surface area contributed by atoms with Gasteiger partial charge in [0.15, 0.2) is 0 Å². The van der Waals surface area contributed by atoms with Gasteiger partial charge in [-0.3, -0.25) is 0 Å². The molecule has 0 bridgehead atoms. The Morgan fingerprint density at radius 1 is 1.38 bits per heavy atom. The minimum atomic E-state index is -0.162. The molecule has 88 valence electrons. The molecule has 1 aromatic rings. The lowest BCUT2D eigenvalue weighted by Gasteiger charge is -2.09. The molecule has 1 aliphatic heterocycles. The van der Waals surface area contributed by atoms with E-state index >= 15 is 0 Å². The molecule has 0 aliphatic carbocycles. The number of nitrogens with one attached hydrogen (secondary N) is 1. The van der Waals surface area contributed by atoms with Gasteiger partial charge in [-0.15, -0.1) is 0 Å². The third-order valence-electron chi connectivity index (χ3n) is 3.12. The Labute approximate surface area is 95.8 Å². The van der Waals surface area contributed by atoms with Gasteiger partial charge < -0.3 is 10.1 Å². The zero-order valence-electron chi connectivity index (χ0n) is 9.58. The van der Waals surface area contributed by atoms with Crippen molar-refractivity contribution >= 4 is 0 Å². The van der Waals surface area contributed by atoms with E-state index in [1.807, 2.05) is 12.1 Å². The van der Waals surface area contributed by atoms with Gasteiger partial charge >= 0.3 is 0 Å². The number of hydrogen-bond acceptors (Lipinski definition) is 2. The molecule has 3 heteroatoms. The molecular formula is C13H18FNO. The molecule has 0 amide bonds. The third-order valence-corrected chi connectivity index (χ3v) is 3.12. The van der Waals surface area contributed by atoms with Gasteiger partial charge in [-0.2, -0.15) is 0 Å². The molecule has 0 radical (unpaired) electrons. The molecule has 2 unspecified atom stereocenters. The Bertz CT molecular complexity index is 325. The van der Waals surface area contributed by atoms with Crippen molar-refractivity contribution in [3.05, 3.63) is 35.6 Å². The van der Waals surface area contributed by atoms with Gasteiger partial charge in [0.05, 0.1) is 6.61 Å². The first kappa shape index (κ1) is 11.6. The molecule has 1 fully saturated rings. The molecule has 2 atom stereocenters. The largest absolute Gasteiger partial charge is 0.383 e. The van der Waals surface area contributed by atoms with E-state index in [0.29, 0.717) is 12.0 Å². The van der Waals surface area contributed by atoms with Crippen LogP contribution in [0.2, 0.25) is 0 Å². The monoisotopic (exact) mass is 223 g/mol. The highest BCUT2D eigenvalue weighted by Crippen LogP contribution is 2.19. The normalized spacial score (nSPS) is 24.9. The van der Waals surface area contributed by atoms with Crippen molar-refractivity contribution in [2.75, 3.05) is 20.3 Å². The van der Waals surface area contributed by atoms with Gasteiger partial charge in [-0.25, -0.2) is 4.39 Å². The minimum absolute atomic E-state index is 0.162. The second-order valence-corrected chi connectivity index (χ2v) is 4.49. The summed E-state index contributed by atoms with van der Waals surface area (Å²) < 4.78 is 17.9. The molecule has 0 spiro atoms. The number of rotatable bonds is 4. The highest BCUT2D eigenvalue weighted by molar-refractivity contribution is 5.17. The van der Waals surface area contributed by atoms with Crippen molar-refractivity contribution in [3.8, 4) is 0 Å². The molecular weight excluding hydrogens is 205 g/mol. The maximum atomic E-state index is 12.7. The summed E-state index contributed by atoms with van der Waals surface area (Å²) in [7, 11) is 1.73. The van der Waals surface area contributed by atoms with Crippen LogP contribution in [0.3, 0.4) is 0 Å².